The fourth-order valence-electron chi connectivity index (χ4n) is 6.24. The molecule has 0 atom stereocenters. The standard InChI is InChI=1S/C20H26F8O4/c21-17(22,19(25,26)32-20(27,28)18(23,24)15(29)31-30)5-3-1-2-4-16-9-12-6-13(10-16)8-14(7-12)11-16/h12-14,30H,1-11H2. The van der Waals surface area contributed by atoms with Crippen LogP contribution in [0.4, 0.5) is 35.1 Å². The molecule has 0 radical (unpaired) electrons. The van der Waals surface area contributed by atoms with Gasteiger partial charge in [-0.15, -0.1) is 0 Å². The zero-order valence-corrected chi connectivity index (χ0v) is 17.2. The summed E-state index contributed by atoms with van der Waals surface area (Å²) in [5.41, 5.74) is 0.180. The van der Waals surface area contributed by atoms with E-state index >= 15 is 0 Å². The summed E-state index contributed by atoms with van der Waals surface area (Å²) < 4.78 is 110. The lowest BCUT2D eigenvalue weighted by molar-refractivity contribution is -0.464. The van der Waals surface area contributed by atoms with Gasteiger partial charge in [0.25, 0.3) is 0 Å². The van der Waals surface area contributed by atoms with Gasteiger partial charge in [-0.1, -0.05) is 12.8 Å². The summed E-state index contributed by atoms with van der Waals surface area (Å²) in [6, 6.07) is 0. The van der Waals surface area contributed by atoms with Crippen molar-refractivity contribution in [3.05, 3.63) is 0 Å². The second-order valence-electron chi connectivity index (χ2n) is 9.77. The van der Waals surface area contributed by atoms with Crippen molar-refractivity contribution in [1.82, 2.24) is 0 Å². The Hall–Kier alpha value is -1.17. The summed E-state index contributed by atoms with van der Waals surface area (Å²) in [6.07, 6.45) is -5.88. The molecule has 0 saturated heterocycles. The average Bonchev–Trinajstić information content (AvgIpc) is 2.64. The van der Waals surface area contributed by atoms with Crippen molar-refractivity contribution < 1.29 is 54.8 Å². The van der Waals surface area contributed by atoms with Crippen LogP contribution in [0.25, 0.3) is 0 Å². The van der Waals surface area contributed by atoms with Crippen molar-refractivity contribution in [2.45, 2.75) is 94.7 Å². The van der Waals surface area contributed by atoms with Gasteiger partial charge >= 0.3 is 30.0 Å². The summed E-state index contributed by atoms with van der Waals surface area (Å²) >= 11 is 0. The Labute approximate surface area is 179 Å². The van der Waals surface area contributed by atoms with Gasteiger partial charge in [-0.2, -0.15) is 40.4 Å². The van der Waals surface area contributed by atoms with Gasteiger partial charge in [-0.25, -0.2) is 9.53 Å². The Bertz CT molecular complexity index is 662. The van der Waals surface area contributed by atoms with Crippen LogP contribution in [0.5, 0.6) is 0 Å². The van der Waals surface area contributed by atoms with E-state index in [4.69, 9.17) is 5.26 Å². The van der Waals surface area contributed by atoms with Crippen LogP contribution < -0.4 is 0 Å². The third-order valence-corrected chi connectivity index (χ3v) is 7.25. The minimum Gasteiger partial charge on any atom is -0.294 e. The fraction of sp³-hybridized carbons (Fsp3) is 0.950. The highest BCUT2D eigenvalue weighted by Gasteiger charge is 2.72. The third-order valence-electron chi connectivity index (χ3n) is 7.25. The van der Waals surface area contributed by atoms with Gasteiger partial charge in [0, 0.05) is 6.42 Å². The van der Waals surface area contributed by atoms with Crippen LogP contribution >= 0.6 is 0 Å². The molecular formula is C20H26F8O4. The molecule has 4 fully saturated rings. The molecule has 4 rings (SSSR count). The molecule has 186 valence electrons. The van der Waals surface area contributed by atoms with E-state index in [1.807, 2.05) is 0 Å². The quantitative estimate of drug-likeness (QED) is 0.155. The summed E-state index contributed by atoms with van der Waals surface area (Å²) in [7, 11) is 0. The zero-order valence-electron chi connectivity index (χ0n) is 17.2. The minimum atomic E-state index is -6.35. The maximum absolute atomic E-state index is 13.8. The molecule has 4 aliphatic rings. The SMILES string of the molecule is O=C(OO)C(F)(F)C(F)(F)OC(F)(F)C(F)(F)CCCCCC12CC3CC(CC(C3)C1)C2. The molecule has 4 saturated carbocycles. The van der Waals surface area contributed by atoms with Crippen molar-refractivity contribution in [1.29, 1.82) is 0 Å². The van der Waals surface area contributed by atoms with Crippen molar-refractivity contribution in [3.8, 4) is 0 Å². The molecule has 0 heterocycles. The van der Waals surface area contributed by atoms with Gasteiger partial charge in [0.05, 0.1) is 0 Å². The Balaban J connectivity index is 1.48. The molecule has 4 nitrogen and oxygen atoms in total. The van der Waals surface area contributed by atoms with E-state index < -0.39 is 42.9 Å². The zero-order chi connectivity index (χ0) is 24.0. The first-order valence-electron chi connectivity index (χ1n) is 10.7. The Morgan fingerprint density at radius 1 is 0.812 bits per heavy atom. The number of hydrogen-bond donors (Lipinski definition) is 1. The molecule has 32 heavy (non-hydrogen) atoms. The number of halogens is 8. The molecule has 0 aromatic rings. The summed E-state index contributed by atoms with van der Waals surface area (Å²) in [5.74, 6) is -12.5. The minimum absolute atomic E-state index is 0.150. The summed E-state index contributed by atoms with van der Waals surface area (Å²) in [6.45, 7) is 0. The molecular weight excluding hydrogens is 456 g/mol. The van der Waals surface area contributed by atoms with Crippen LogP contribution in [-0.2, 0) is 14.4 Å². The van der Waals surface area contributed by atoms with Crippen LogP contribution in [0.2, 0.25) is 0 Å². The Kier molecular flexibility index (Phi) is 6.81. The number of unbranched alkanes of at least 4 members (excludes halogenated alkanes) is 2. The molecule has 12 heteroatoms. The normalized spacial score (nSPS) is 30.6. The van der Waals surface area contributed by atoms with Crippen LogP contribution in [0, 0.1) is 23.2 Å². The first-order chi connectivity index (χ1) is 14.6. The van der Waals surface area contributed by atoms with Crippen LogP contribution in [0.3, 0.4) is 0 Å². The van der Waals surface area contributed by atoms with Gasteiger partial charge in [0.1, 0.15) is 0 Å². The molecule has 0 amide bonds. The largest absolute Gasteiger partial charge is 0.435 e. The van der Waals surface area contributed by atoms with Crippen molar-refractivity contribution in [2.75, 3.05) is 0 Å². The highest BCUT2D eigenvalue weighted by atomic mass is 19.3. The second kappa shape index (κ2) is 8.56. The van der Waals surface area contributed by atoms with E-state index in [1.165, 1.54) is 19.3 Å². The van der Waals surface area contributed by atoms with E-state index in [-0.39, 0.29) is 11.8 Å². The number of carbonyl (C=O) groups excluding carboxylic acids is 1. The lowest BCUT2D eigenvalue weighted by Crippen LogP contribution is -2.56. The van der Waals surface area contributed by atoms with E-state index in [2.05, 4.69) is 9.62 Å². The van der Waals surface area contributed by atoms with Crippen LogP contribution in [0.15, 0.2) is 0 Å². The predicted molar refractivity (Wildman–Crippen MR) is 93.3 cm³/mol. The molecule has 0 spiro atoms. The van der Waals surface area contributed by atoms with Crippen molar-refractivity contribution >= 4 is 5.97 Å². The topological polar surface area (TPSA) is 55.8 Å². The maximum atomic E-state index is 13.8. The Morgan fingerprint density at radius 3 is 1.78 bits per heavy atom. The van der Waals surface area contributed by atoms with E-state index in [0.717, 1.165) is 25.7 Å². The van der Waals surface area contributed by atoms with Gasteiger partial charge in [-0.05, 0) is 74.5 Å². The smallest absolute Gasteiger partial charge is 0.294 e. The average molecular weight is 482 g/mol. The van der Waals surface area contributed by atoms with E-state index in [0.29, 0.717) is 24.2 Å². The van der Waals surface area contributed by atoms with Gasteiger partial charge in [0.2, 0.25) is 0 Å². The lowest BCUT2D eigenvalue weighted by Gasteiger charge is -2.57. The third kappa shape index (κ3) is 4.85. The first-order valence-corrected chi connectivity index (χ1v) is 10.7. The maximum Gasteiger partial charge on any atom is 0.435 e. The molecule has 1 N–H and O–H groups in total. The molecule has 4 aliphatic carbocycles. The number of ether oxygens (including phenoxy) is 1. The number of hydrogen-bond acceptors (Lipinski definition) is 4. The molecule has 0 unspecified atom stereocenters. The van der Waals surface area contributed by atoms with Crippen molar-refractivity contribution in [2.24, 2.45) is 23.2 Å². The Morgan fingerprint density at radius 2 is 1.31 bits per heavy atom. The number of rotatable bonds is 11. The molecule has 4 bridgehead atoms. The predicted octanol–water partition coefficient (Wildman–Crippen LogP) is 6.64. The number of carbonyl (C=O) groups is 1. The van der Waals surface area contributed by atoms with Crippen LogP contribution in [-0.4, -0.2) is 35.3 Å². The van der Waals surface area contributed by atoms with E-state index in [1.54, 1.807) is 0 Å². The first kappa shape index (κ1) is 25.5. The second-order valence-corrected chi connectivity index (χ2v) is 9.77. The molecule has 0 aliphatic heterocycles. The highest BCUT2D eigenvalue weighted by molar-refractivity contribution is 5.77. The van der Waals surface area contributed by atoms with Gasteiger partial charge in [0.15, 0.2) is 0 Å². The van der Waals surface area contributed by atoms with Gasteiger partial charge in [-0.3, -0.25) is 4.89 Å². The van der Waals surface area contributed by atoms with E-state index in [9.17, 15) is 39.9 Å². The monoisotopic (exact) mass is 482 g/mol. The fourth-order valence-corrected chi connectivity index (χ4v) is 6.24. The lowest BCUT2D eigenvalue weighted by atomic mass is 9.48. The van der Waals surface area contributed by atoms with Gasteiger partial charge < -0.3 is 0 Å². The summed E-state index contributed by atoms with van der Waals surface area (Å²) in [4.78, 5) is 12.9. The highest BCUT2D eigenvalue weighted by Crippen LogP contribution is 2.61. The summed E-state index contributed by atoms with van der Waals surface area (Å²) in [5, 5.41) is 7.77. The molecule has 0 aromatic carbocycles. The van der Waals surface area contributed by atoms with Crippen LogP contribution in [0.1, 0.15) is 70.6 Å². The van der Waals surface area contributed by atoms with Crippen molar-refractivity contribution in [3.63, 3.8) is 0 Å². The molecule has 0 aromatic heterocycles. The number of alkyl halides is 8.